The van der Waals surface area contributed by atoms with Gasteiger partial charge in [0.05, 0.1) is 5.69 Å². The summed E-state index contributed by atoms with van der Waals surface area (Å²) < 4.78 is 5.55. The molecule has 4 heteroatoms. The quantitative estimate of drug-likeness (QED) is 0.852. The Balaban J connectivity index is 1.93. The van der Waals surface area contributed by atoms with Crippen molar-refractivity contribution in [3.63, 3.8) is 0 Å². The summed E-state index contributed by atoms with van der Waals surface area (Å²) in [5.41, 5.74) is 1.08. The van der Waals surface area contributed by atoms with Gasteiger partial charge in [-0.25, -0.2) is 4.98 Å². The molecule has 0 atom stereocenters. The van der Waals surface area contributed by atoms with Crippen LogP contribution in [0.25, 0.3) is 0 Å². The van der Waals surface area contributed by atoms with Crippen LogP contribution < -0.4 is 5.32 Å². The molecular weight excluding hydrogens is 208 g/mol. The molecule has 0 saturated carbocycles. The molecule has 2 heterocycles. The number of hydrogen-bond donors (Lipinski definition) is 1. The van der Waals surface area contributed by atoms with E-state index in [0.717, 1.165) is 24.6 Å². The van der Waals surface area contributed by atoms with Gasteiger partial charge in [0, 0.05) is 18.9 Å². The van der Waals surface area contributed by atoms with Crippen molar-refractivity contribution < 1.29 is 4.42 Å². The van der Waals surface area contributed by atoms with Gasteiger partial charge in [0.2, 0.25) is 0 Å². The van der Waals surface area contributed by atoms with Crippen LogP contribution in [0.5, 0.6) is 0 Å². The highest BCUT2D eigenvalue weighted by atomic mass is 32.2. The van der Waals surface area contributed by atoms with Crippen molar-refractivity contribution >= 4 is 11.8 Å². The van der Waals surface area contributed by atoms with Gasteiger partial charge in [0.25, 0.3) is 0 Å². The zero-order valence-electron chi connectivity index (χ0n) is 9.16. The summed E-state index contributed by atoms with van der Waals surface area (Å²) in [4.78, 5) is 4.56. The molecule has 3 nitrogen and oxygen atoms in total. The molecule has 1 fully saturated rings. The largest absolute Gasteiger partial charge is 0.448 e. The van der Waals surface area contributed by atoms with Crippen molar-refractivity contribution in [1.82, 2.24) is 10.3 Å². The summed E-state index contributed by atoms with van der Waals surface area (Å²) in [6.07, 6.45) is 5.21. The normalized spacial score (nSPS) is 18.2. The maximum absolute atomic E-state index is 5.55. The number of likely N-dealkylation sites (N-methyl/N-ethyl adjacent to an activating group) is 1. The smallest absolute Gasteiger partial charge is 0.197 e. The van der Waals surface area contributed by atoms with E-state index in [1.165, 1.54) is 24.3 Å². The fraction of sp³-hybridized carbons (Fsp3) is 0.727. The minimum absolute atomic E-state index is 0.564. The van der Waals surface area contributed by atoms with Crippen LogP contribution >= 0.6 is 11.8 Å². The molecule has 15 heavy (non-hydrogen) atoms. The fourth-order valence-electron chi connectivity index (χ4n) is 1.82. The van der Waals surface area contributed by atoms with Crippen molar-refractivity contribution in [3.05, 3.63) is 17.8 Å². The van der Waals surface area contributed by atoms with Gasteiger partial charge in [0.1, 0.15) is 6.26 Å². The molecule has 2 rings (SSSR count). The zero-order valence-corrected chi connectivity index (χ0v) is 9.98. The van der Waals surface area contributed by atoms with Crippen molar-refractivity contribution in [2.24, 2.45) is 0 Å². The van der Waals surface area contributed by atoms with Crippen LogP contribution in [0.2, 0.25) is 0 Å². The van der Waals surface area contributed by atoms with Gasteiger partial charge in [-0.3, -0.25) is 0 Å². The van der Waals surface area contributed by atoms with Crippen LogP contribution in [-0.4, -0.2) is 30.1 Å². The molecule has 0 aromatic carbocycles. The van der Waals surface area contributed by atoms with E-state index in [4.69, 9.17) is 4.42 Å². The first-order valence-electron chi connectivity index (χ1n) is 5.57. The van der Waals surface area contributed by atoms with Crippen molar-refractivity contribution in [2.75, 3.05) is 25.1 Å². The van der Waals surface area contributed by atoms with E-state index in [0.29, 0.717) is 5.92 Å². The summed E-state index contributed by atoms with van der Waals surface area (Å²) in [7, 11) is 1.96. The Morgan fingerprint density at radius 1 is 1.53 bits per heavy atom. The van der Waals surface area contributed by atoms with Crippen molar-refractivity contribution in [2.45, 2.75) is 25.2 Å². The van der Waals surface area contributed by atoms with Gasteiger partial charge in [-0.1, -0.05) is 0 Å². The van der Waals surface area contributed by atoms with E-state index in [1.807, 2.05) is 25.1 Å². The first kappa shape index (κ1) is 11.0. The predicted octanol–water partition coefficient (Wildman–Crippen LogP) is 2.05. The Kier molecular flexibility index (Phi) is 4.09. The molecule has 1 aromatic heterocycles. The second kappa shape index (κ2) is 5.56. The van der Waals surface area contributed by atoms with E-state index in [9.17, 15) is 0 Å². The van der Waals surface area contributed by atoms with Crippen LogP contribution in [-0.2, 0) is 6.42 Å². The Labute approximate surface area is 95.0 Å². The lowest BCUT2D eigenvalue weighted by molar-refractivity contribution is 0.430. The second-order valence-electron chi connectivity index (χ2n) is 3.92. The number of hydrogen-bond acceptors (Lipinski definition) is 4. The second-order valence-corrected chi connectivity index (χ2v) is 5.14. The Morgan fingerprint density at radius 2 is 2.33 bits per heavy atom. The lowest BCUT2D eigenvalue weighted by Gasteiger charge is -2.17. The molecule has 0 unspecified atom stereocenters. The standard InChI is InChI=1S/C11H18N2OS/c1-12-5-2-10-8-14-11(13-10)9-3-6-15-7-4-9/h8-9,12H,2-7H2,1H3. The summed E-state index contributed by atoms with van der Waals surface area (Å²) >= 11 is 2.03. The van der Waals surface area contributed by atoms with Crippen LogP contribution in [0.3, 0.4) is 0 Å². The third-order valence-electron chi connectivity index (χ3n) is 2.77. The molecule has 1 aromatic rings. The Hall–Kier alpha value is -0.480. The fourth-order valence-corrected chi connectivity index (χ4v) is 2.93. The van der Waals surface area contributed by atoms with Gasteiger partial charge < -0.3 is 9.73 Å². The maximum Gasteiger partial charge on any atom is 0.197 e. The zero-order chi connectivity index (χ0) is 10.5. The highest BCUT2D eigenvalue weighted by molar-refractivity contribution is 7.99. The minimum Gasteiger partial charge on any atom is -0.448 e. The van der Waals surface area contributed by atoms with Crippen LogP contribution in [0.4, 0.5) is 0 Å². The van der Waals surface area contributed by atoms with E-state index in [-0.39, 0.29) is 0 Å². The molecule has 84 valence electrons. The summed E-state index contributed by atoms with van der Waals surface area (Å²) in [6.45, 7) is 0.965. The van der Waals surface area contributed by atoms with Gasteiger partial charge in [-0.2, -0.15) is 11.8 Å². The van der Waals surface area contributed by atoms with Crippen LogP contribution in [0.15, 0.2) is 10.7 Å². The maximum atomic E-state index is 5.55. The highest BCUT2D eigenvalue weighted by Crippen LogP contribution is 2.30. The topological polar surface area (TPSA) is 38.1 Å². The lowest BCUT2D eigenvalue weighted by Crippen LogP contribution is -2.11. The summed E-state index contributed by atoms with van der Waals surface area (Å²) in [5.74, 6) is 4.02. The molecule has 0 bridgehead atoms. The van der Waals surface area contributed by atoms with Crippen molar-refractivity contribution in [3.8, 4) is 0 Å². The number of aromatic nitrogens is 1. The Morgan fingerprint density at radius 3 is 3.07 bits per heavy atom. The summed E-state index contributed by atoms with van der Waals surface area (Å²) in [5, 5.41) is 3.12. The molecule has 1 saturated heterocycles. The molecule has 1 N–H and O–H groups in total. The third kappa shape index (κ3) is 2.98. The van der Waals surface area contributed by atoms with Crippen molar-refractivity contribution in [1.29, 1.82) is 0 Å². The Bertz CT molecular complexity index is 295. The molecule has 0 amide bonds. The van der Waals surface area contributed by atoms with Gasteiger partial charge in [0.15, 0.2) is 5.89 Å². The summed E-state index contributed by atoms with van der Waals surface area (Å²) in [6, 6.07) is 0. The molecule has 0 spiro atoms. The molecule has 0 aliphatic carbocycles. The lowest BCUT2D eigenvalue weighted by atomic mass is 10.0. The molecular formula is C11H18N2OS. The number of nitrogens with one attached hydrogen (secondary N) is 1. The monoisotopic (exact) mass is 226 g/mol. The minimum atomic E-state index is 0.564. The first-order valence-corrected chi connectivity index (χ1v) is 6.72. The predicted molar refractivity (Wildman–Crippen MR) is 63.4 cm³/mol. The molecule has 1 aliphatic heterocycles. The number of oxazole rings is 1. The average molecular weight is 226 g/mol. The average Bonchev–Trinajstić information content (AvgIpc) is 2.76. The first-order chi connectivity index (χ1) is 7.40. The third-order valence-corrected chi connectivity index (χ3v) is 3.82. The number of rotatable bonds is 4. The molecule has 0 radical (unpaired) electrons. The van der Waals surface area contributed by atoms with E-state index >= 15 is 0 Å². The van der Waals surface area contributed by atoms with E-state index < -0.39 is 0 Å². The van der Waals surface area contributed by atoms with Gasteiger partial charge in [-0.15, -0.1) is 0 Å². The number of nitrogens with zero attached hydrogens (tertiary/aromatic N) is 1. The van der Waals surface area contributed by atoms with Gasteiger partial charge in [-0.05, 0) is 31.4 Å². The van der Waals surface area contributed by atoms with Crippen LogP contribution in [0, 0.1) is 0 Å². The molecule has 1 aliphatic rings. The van der Waals surface area contributed by atoms with E-state index in [1.54, 1.807) is 0 Å². The van der Waals surface area contributed by atoms with Gasteiger partial charge >= 0.3 is 0 Å². The van der Waals surface area contributed by atoms with E-state index in [2.05, 4.69) is 10.3 Å². The SMILES string of the molecule is CNCCc1coc(C2CCSCC2)n1. The van der Waals surface area contributed by atoms with Crippen LogP contribution in [0.1, 0.15) is 30.3 Å². The number of thioether (sulfide) groups is 1. The highest BCUT2D eigenvalue weighted by Gasteiger charge is 2.20.